The second-order valence-electron chi connectivity index (χ2n) is 2.20. The molecule has 0 spiro atoms. The van der Waals surface area contributed by atoms with E-state index in [9.17, 15) is 0 Å². The average Bonchev–Trinajstić information content (AvgIpc) is 2.33. The Morgan fingerprint density at radius 3 is 3.22 bits per heavy atom. The van der Waals surface area contributed by atoms with Crippen LogP contribution in [0.5, 0.6) is 0 Å². The number of hydrogen-bond acceptors (Lipinski definition) is 1. The highest BCUT2D eigenvalue weighted by Gasteiger charge is 2.19. The summed E-state index contributed by atoms with van der Waals surface area (Å²) >= 11 is 1.89. The molecule has 0 fully saturated rings. The lowest BCUT2D eigenvalue weighted by Crippen LogP contribution is -2.07. The molecule has 1 heterocycles. The lowest BCUT2D eigenvalue weighted by Gasteiger charge is -2.11. The molecule has 0 aromatic heterocycles. The van der Waals surface area contributed by atoms with Crippen LogP contribution in [0.3, 0.4) is 0 Å². The highest BCUT2D eigenvalue weighted by molar-refractivity contribution is 8.03. The van der Waals surface area contributed by atoms with Gasteiger partial charge in [0.1, 0.15) is 0 Å². The van der Waals surface area contributed by atoms with Crippen LogP contribution in [0.1, 0.15) is 0 Å². The number of rotatable bonds is 0. The third kappa shape index (κ3) is 0.855. The number of allylic oxidation sites excluding steroid dienone is 4. The molecule has 0 saturated heterocycles. The number of thioether (sulfide) groups is 1. The number of hydrogen-bond donors (Lipinski definition) is 0. The Bertz CT molecular complexity index is 189. The topological polar surface area (TPSA) is 0 Å². The monoisotopic (exact) mass is 135 g/mol. The first-order valence-electron chi connectivity index (χ1n) is 3.05. The van der Waals surface area contributed by atoms with Crippen molar-refractivity contribution in [3.05, 3.63) is 35.8 Å². The van der Waals surface area contributed by atoms with Crippen molar-refractivity contribution in [2.75, 3.05) is 0 Å². The van der Waals surface area contributed by atoms with Crippen LogP contribution in [0.2, 0.25) is 0 Å². The summed E-state index contributed by atoms with van der Waals surface area (Å²) in [5.41, 5.74) is 0. The summed E-state index contributed by atoms with van der Waals surface area (Å²) in [5, 5.41) is 2.84. The lowest BCUT2D eigenvalue weighted by molar-refractivity contribution is 0.852. The van der Waals surface area contributed by atoms with E-state index in [1.165, 1.54) is 0 Å². The Hall–Kier alpha value is -0.430. The normalized spacial score (nSPS) is 37.3. The molecule has 1 aliphatic carbocycles. The summed E-state index contributed by atoms with van der Waals surface area (Å²) < 4.78 is 0. The molecule has 45 valence electrons. The summed E-state index contributed by atoms with van der Waals surface area (Å²) in [6.07, 6.45) is 11.6. The van der Waals surface area contributed by atoms with Crippen LogP contribution in [0.4, 0.5) is 0 Å². The average molecular weight is 135 g/mol. The second-order valence-corrected chi connectivity index (χ2v) is 3.29. The maximum atomic E-state index is 3.09. The molecule has 1 aliphatic heterocycles. The first-order chi connectivity index (χ1) is 4.47. The molecule has 9 heavy (non-hydrogen) atoms. The maximum Gasteiger partial charge on any atom is 0.0369 e. The van der Waals surface area contributed by atoms with Crippen molar-refractivity contribution in [3.63, 3.8) is 0 Å². The Morgan fingerprint density at radius 2 is 2.33 bits per heavy atom. The van der Waals surface area contributed by atoms with E-state index < -0.39 is 0 Å². The van der Waals surface area contributed by atoms with Gasteiger partial charge < -0.3 is 0 Å². The zero-order chi connectivity index (χ0) is 6.10. The largest absolute Gasteiger partial charge is 0.126 e. The van der Waals surface area contributed by atoms with E-state index in [-0.39, 0.29) is 0 Å². The van der Waals surface area contributed by atoms with E-state index in [1.54, 1.807) is 0 Å². The zero-order valence-corrected chi connectivity index (χ0v) is 5.77. The van der Waals surface area contributed by atoms with Crippen LogP contribution < -0.4 is 0 Å². The van der Waals surface area contributed by atoms with Gasteiger partial charge in [-0.25, -0.2) is 0 Å². The maximum absolute atomic E-state index is 3.09. The molecule has 0 saturated carbocycles. The fourth-order valence-corrected chi connectivity index (χ4v) is 2.04. The highest BCUT2D eigenvalue weighted by Crippen LogP contribution is 2.33. The first-order valence-corrected chi connectivity index (χ1v) is 3.99. The van der Waals surface area contributed by atoms with Gasteiger partial charge in [-0.05, 0) is 11.5 Å². The quantitative estimate of drug-likeness (QED) is 0.490. The molecule has 0 bridgehead atoms. The Labute approximate surface area is 59.3 Å². The van der Waals surface area contributed by atoms with Gasteiger partial charge in [-0.3, -0.25) is 0 Å². The van der Waals surface area contributed by atoms with E-state index in [4.69, 9.17) is 0 Å². The van der Waals surface area contributed by atoms with Gasteiger partial charge in [0.25, 0.3) is 0 Å². The third-order valence-corrected chi connectivity index (χ3v) is 2.69. The molecular formula is C8H7S. The summed E-state index contributed by atoms with van der Waals surface area (Å²) in [4.78, 5) is 0. The molecule has 2 unspecified atom stereocenters. The zero-order valence-electron chi connectivity index (χ0n) is 4.95. The lowest BCUT2D eigenvalue weighted by atomic mass is 10.0. The number of fused-ring (bicyclic) bond motifs is 1. The van der Waals surface area contributed by atoms with Crippen molar-refractivity contribution in [1.82, 2.24) is 0 Å². The third-order valence-electron chi connectivity index (χ3n) is 1.59. The highest BCUT2D eigenvalue weighted by atomic mass is 32.2. The standard InChI is InChI=1S/C8H7S/c1-2-4-8-7(3-1)5-6-9-8/h2-8H. The van der Waals surface area contributed by atoms with Crippen molar-refractivity contribution >= 4 is 11.8 Å². The van der Waals surface area contributed by atoms with Crippen LogP contribution >= 0.6 is 11.8 Å². The van der Waals surface area contributed by atoms with Crippen LogP contribution in [0, 0.1) is 12.0 Å². The first kappa shape index (κ1) is 5.36. The fraction of sp³-hybridized carbons (Fsp3) is 0.250. The predicted molar refractivity (Wildman–Crippen MR) is 41.0 cm³/mol. The molecule has 0 N–H and O–H groups in total. The van der Waals surface area contributed by atoms with Gasteiger partial charge in [0.15, 0.2) is 0 Å². The van der Waals surface area contributed by atoms with E-state index >= 15 is 0 Å². The van der Waals surface area contributed by atoms with Crippen molar-refractivity contribution in [2.45, 2.75) is 5.25 Å². The summed E-state index contributed by atoms with van der Waals surface area (Å²) in [6.45, 7) is 0. The fourth-order valence-electron chi connectivity index (χ4n) is 1.07. The smallest absolute Gasteiger partial charge is 0.0369 e. The minimum absolute atomic E-state index is 0.625. The van der Waals surface area contributed by atoms with Crippen LogP contribution in [-0.4, -0.2) is 5.25 Å². The van der Waals surface area contributed by atoms with Gasteiger partial charge >= 0.3 is 0 Å². The van der Waals surface area contributed by atoms with Gasteiger partial charge in [-0.2, -0.15) is 0 Å². The molecule has 0 aromatic carbocycles. The minimum atomic E-state index is 0.625. The van der Waals surface area contributed by atoms with Crippen LogP contribution in [0.25, 0.3) is 0 Å². The molecule has 0 aromatic rings. The predicted octanol–water partition coefficient (Wildman–Crippen LogP) is 2.16. The van der Waals surface area contributed by atoms with Gasteiger partial charge in [0.05, 0.1) is 0 Å². The molecule has 2 aliphatic rings. The van der Waals surface area contributed by atoms with Crippen molar-refractivity contribution in [3.8, 4) is 0 Å². The Balaban J connectivity index is 2.25. The SMILES string of the molecule is [C]1=CC2C=CSC2C=C1. The molecule has 2 atom stereocenters. The van der Waals surface area contributed by atoms with E-state index in [2.05, 4.69) is 29.7 Å². The minimum Gasteiger partial charge on any atom is -0.126 e. The van der Waals surface area contributed by atoms with Crippen molar-refractivity contribution in [2.24, 2.45) is 5.92 Å². The molecule has 0 nitrogen and oxygen atoms in total. The molecule has 2 rings (SSSR count). The molecule has 1 heteroatoms. The molecular weight excluding hydrogens is 128 g/mol. The van der Waals surface area contributed by atoms with Gasteiger partial charge in [0, 0.05) is 11.2 Å². The van der Waals surface area contributed by atoms with Crippen molar-refractivity contribution < 1.29 is 0 Å². The molecule has 1 radical (unpaired) electrons. The van der Waals surface area contributed by atoms with Crippen molar-refractivity contribution in [1.29, 1.82) is 0 Å². The summed E-state index contributed by atoms with van der Waals surface area (Å²) in [5.74, 6) is 0.625. The van der Waals surface area contributed by atoms with Gasteiger partial charge in [0.2, 0.25) is 0 Å². The van der Waals surface area contributed by atoms with E-state index in [0.717, 1.165) is 0 Å². The van der Waals surface area contributed by atoms with Gasteiger partial charge in [-0.1, -0.05) is 24.3 Å². The molecule has 0 amide bonds. The Kier molecular flexibility index (Phi) is 1.23. The Morgan fingerprint density at radius 1 is 1.33 bits per heavy atom. The summed E-state index contributed by atoms with van der Waals surface area (Å²) in [7, 11) is 0. The van der Waals surface area contributed by atoms with Crippen LogP contribution in [-0.2, 0) is 0 Å². The van der Waals surface area contributed by atoms with Gasteiger partial charge in [-0.15, -0.1) is 11.8 Å². The summed E-state index contributed by atoms with van der Waals surface area (Å²) in [6, 6.07) is 0. The second kappa shape index (κ2) is 2.07. The van der Waals surface area contributed by atoms with Crippen LogP contribution in [0.15, 0.2) is 29.7 Å². The van der Waals surface area contributed by atoms with E-state index in [0.29, 0.717) is 11.2 Å². The van der Waals surface area contributed by atoms with E-state index in [1.807, 2.05) is 17.8 Å².